The predicted molar refractivity (Wildman–Crippen MR) is 81.7 cm³/mol. The monoisotopic (exact) mass is 288 g/mol. The van der Waals surface area contributed by atoms with Crippen LogP contribution in [0.5, 0.6) is 0 Å². The summed E-state index contributed by atoms with van der Waals surface area (Å²) in [5, 5.41) is 3.21. The smallest absolute Gasteiger partial charge is 0.107 e. The summed E-state index contributed by atoms with van der Waals surface area (Å²) in [5.41, 5.74) is 1.31. The molecule has 2 heterocycles. The summed E-state index contributed by atoms with van der Waals surface area (Å²) in [7, 11) is 0. The summed E-state index contributed by atoms with van der Waals surface area (Å²) in [4.78, 5) is 6.89. The number of hydrogen-bond donors (Lipinski definition) is 0. The van der Waals surface area contributed by atoms with E-state index in [1.807, 2.05) is 17.6 Å². The standard InChI is InChI=1S/C16H20N2OS/c1-16(2)12-19-14(13-6-4-3-5-7-13)10-18(16)11-15-17-8-9-20-15/h3-9,14H,10-12H2,1-2H3/t14-/m0/s1. The van der Waals surface area contributed by atoms with Gasteiger partial charge in [0.15, 0.2) is 0 Å². The Hall–Kier alpha value is -1.23. The maximum Gasteiger partial charge on any atom is 0.107 e. The normalized spacial score (nSPS) is 22.8. The lowest BCUT2D eigenvalue weighted by Gasteiger charge is -2.45. The Kier molecular flexibility index (Phi) is 3.87. The number of rotatable bonds is 3. The van der Waals surface area contributed by atoms with Gasteiger partial charge in [0.25, 0.3) is 0 Å². The Balaban J connectivity index is 1.76. The van der Waals surface area contributed by atoms with E-state index in [1.54, 1.807) is 11.3 Å². The lowest BCUT2D eigenvalue weighted by molar-refractivity contribution is -0.104. The van der Waals surface area contributed by atoms with Gasteiger partial charge in [0, 0.05) is 23.7 Å². The Labute approximate surface area is 124 Å². The molecule has 4 heteroatoms. The second-order valence-corrected chi connectivity index (χ2v) is 6.81. The fourth-order valence-electron chi connectivity index (χ4n) is 2.54. The molecular formula is C16H20N2OS. The molecule has 0 aliphatic carbocycles. The molecule has 1 aliphatic heterocycles. The highest BCUT2D eigenvalue weighted by molar-refractivity contribution is 7.09. The largest absolute Gasteiger partial charge is 0.370 e. The van der Waals surface area contributed by atoms with Gasteiger partial charge in [0.1, 0.15) is 5.01 Å². The van der Waals surface area contributed by atoms with Crippen LogP contribution in [0, 0.1) is 0 Å². The molecule has 0 spiro atoms. The molecule has 1 aromatic carbocycles. The molecule has 20 heavy (non-hydrogen) atoms. The fraction of sp³-hybridized carbons (Fsp3) is 0.438. The van der Waals surface area contributed by atoms with Crippen molar-refractivity contribution in [3.05, 3.63) is 52.5 Å². The molecule has 0 saturated carbocycles. The minimum atomic E-state index is 0.0525. The number of morpholine rings is 1. The minimum absolute atomic E-state index is 0.0525. The Morgan fingerprint density at radius 2 is 2.15 bits per heavy atom. The van der Waals surface area contributed by atoms with E-state index in [4.69, 9.17) is 4.74 Å². The van der Waals surface area contributed by atoms with Gasteiger partial charge in [-0.05, 0) is 19.4 Å². The maximum absolute atomic E-state index is 6.07. The fourth-order valence-corrected chi connectivity index (χ4v) is 3.17. The highest BCUT2D eigenvalue weighted by atomic mass is 32.1. The maximum atomic E-state index is 6.07. The molecule has 0 amide bonds. The van der Waals surface area contributed by atoms with Gasteiger partial charge >= 0.3 is 0 Å². The van der Waals surface area contributed by atoms with Gasteiger partial charge in [-0.3, -0.25) is 4.90 Å². The van der Waals surface area contributed by atoms with Crippen molar-refractivity contribution in [1.29, 1.82) is 0 Å². The first-order valence-electron chi connectivity index (χ1n) is 6.95. The summed E-state index contributed by atoms with van der Waals surface area (Å²) in [5.74, 6) is 0. The van der Waals surface area contributed by atoms with Crippen LogP contribution >= 0.6 is 11.3 Å². The highest BCUT2D eigenvalue weighted by Crippen LogP contribution is 2.31. The van der Waals surface area contributed by atoms with E-state index in [0.717, 1.165) is 19.7 Å². The number of hydrogen-bond acceptors (Lipinski definition) is 4. The van der Waals surface area contributed by atoms with E-state index in [-0.39, 0.29) is 11.6 Å². The quantitative estimate of drug-likeness (QED) is 0.864. The van der Waals surface area contributed by atoms with Crippen molar-refractivity contribution in [2.24, 2.45) is 0 Å². The first-order chi connectivity index (χ1) is 9.65. The lowest BCUT2D eigenvalue weighted by atomic mass is 9.98. The van der Waals surface area contributed by atoms with E-state index in [9.17, 15) is 0 Å². The molecule has 1 atom stereocenters. The summed E-state index contributed by atoms with van der Waals surface area (Å²) < 4.78 is 6.07. The zero-order valence-electron chi connectivity index (χ0n) is 12.0. The summed E-state index contributed by atoms with van der Waals surface area (Å²) >= 11 is 1.72. The van der Waals surface area contributed by atoms with Crippen LogP contribution < -0.4 is 0 Å². The van der Waals surface area contributed by atoms with Gasteiger partial charge in [-0.25, -0.2) is 4.98 Å². The average Bonchev–Trinajstić information content (AvgIpc) is 2.95. The molecule has 3 rings (SSSR count). The lowest BCUT2D eigenvalue weighted by Crippen LogP contribution is -2.53. The molecule has 3 nitrogen and oxygen atoms in total. The highest BCUT2D eigenvalue weighted by Gasteiger charge is 2.35. The van der Waals surface area contributed by atoms with Crippen molar-refractivity contribution >= 4 is 11.3 Å². The molecule has 0 N–H and O–H groups in total. The Morgan fingerprint density at radius 1 is 1.35 bits per heavy atom. The van der Waals surface area contributed by atoms with Crippen molar-refractivity contribution < 1.29 is 4.74 Å². The topological polar surface area (TPSA) is 25.4 Å². The van der Waals surface area contributed by atoms with Crippen LogP contribution in [0.3, 0.4) is 0 Å². The van der Waals surface area contributed by atoms with Crippen LogP contribution in [0.1, 0.15) is 30.5 Å². The third-order valence-corrected chi connectivity index (χ3v) is 4.63. The van der Waals surface area contributed by atoms with Crippen molar-refractivity contribution in [3.63, 3.8) is 0 Å². The summed E-state index contributed by atoms with van der Waals surface area (Å²) in [6, 6.07) is 10.5. The molecule has 0 bridgehead atoms. The number of benzene rings is 1. The molecule has 2 aromatic rings. The van der Waals surface area contributed by atoms with Crippen LogP contribution in [0.2, 0.25) is 0 Å². The Bertz CT molecular complexity index is 539. The van der Waals surface area contributed by atoms with E-state index < -0.39 is 0 Å². The van der Waals surface area contributed by atoms with Gasteiger partial charge in [-0.15, -0.1) is 11.3 Å². The summed E-state index contributed by atoms with van der Waals surface area (Å²) in [6.07, 6.45) is 2.03. The molecule has 106 valence electrons. The molecule has 1 saturated heterocycles. The summed E-state index contributed by atoms with van der Waals surface area (Å²) in [6.45, 7) is 7.04. The molecule has 0 radical (unpaired) electrons. The third kappa shape index (κ3) is 2.92. The number of nitrogens with zero attached hydrogens (tertiary/aromatic N) is 2. The average molecular weight is 288 g/mol. The van der Waals surface area contributed by atoms with Crippen molar-refractivity contribution in [2.45, 2.75) is 32.0 Å². The van der Waals surface area contributed by atoms with Gasteiger partial charge in [0.05, 0.1) is 19.3 Å². The number of aromatic nitrogens is 1. The van der Waals surface area contributed by atoms with Crippen LogP contribution in [0.4, 0.5) is 0 Å². The SMILES string of the molecule is CC1(C)CO[C@H](c2ccccc2)CN1Cc1nccs1. The molecule has 1 aromatic heterocycles. The zero-order valence-corrected chi connectivity index (χ0v) is 12.8. The van der Waals surface area contributed by atoms with Gasteiger partial charge in [-0.1, -0.05) is 30.3 Å². The third-order valence-electron chi connectivity index (χ3n) is 3.86. The van der Waals surface area contributed by atoms with E-state index >= 15 is 0 Å². The first kappa shape index (κ1) is 13.7. The number of ether oxygens (including phenoxy) is 1. The van der Waals surface area contributed by atoms with Crippen LogP contribution in [-0.4, -0.2) is 28.6 Å². The molecule has 0 unspecified atom stereocenters. The zero-order chi connectivity index (χ0) is 14.0. The molecule has 1 aliphatic rings. The number of thiazole rings is 1. The first-order valence-corrected chi connectivity index (χ1v) is 7.83. The van der Waals surface area contributed by atoms with Crippen LogP contribution in [0.15, 0.2) is 41.9 Å². The minimum Gasteiger partial charge on any atom is -0.370 e. The second-order valence-electron chi connectivity index (χ2n) is 5.83. The van der Waals surface area contributed by atoms with Gasteiger partial charge in [0.2, 0.25) is 0 Å². The van der Waals surface area contributed by atoms with Crippen LogP contribution in [0.25, 0.3) is 0 Å². The molecule has 1 fully saturated rings. The van der Waals surface area contributed by atoms with E-state index in [2.05, 4.69) is 48.0 Å². The van der Waals surface area contributed by atoms with Gasteiger partial charge in [-0.2, -0.15) is 0 Å². The van der Waals surface area contributed by atoms with E-state index in [0.29, 0.717) is 0 Å². The van der Waals surface area contributed by atoms with Crippen molar-refractivity contribution in [2.75, 3.05) is 13.2 Å². The van der Waals surface area contributed by atoms with E-state index in [1.165, 1.54) is 10.6 Å². The Morgan fingerprint density at radius 3 is 2.85 bits per heavy atom. The van der Waals surface area contributed by atoms with Crippen molar-refractivity contribution in [1.82, 2.24) is 9.88 Å². The van der Waals surface area contributed by atoms with Gasteiger partial charge < -0.3 is 4.74 Å². The van der Waals surface area contributed by atoms with Crippen molar-refractivity contribution in [3.8, 4) is 0 Å². The van der Waals surface area contributed by atoms with Crippen LogP contribution in [-0.2, 0) is 11.3 Å². The second kappa shape index (κ2) is 5.64. The molecular weight excluding hydrogens is 268 g/mol. The predicted octanol–water partition coefficient (Wildman–Crippen LogP) is 3.50.